The Morgan fingerprint density at radius 2 is 0.820 bits per heavy atom. The van der Waals surface area contributed by atoms with Crippen LogP contribution in [-0.2, 0) is 36.7 Å². The molecule has 0 spiro atoms. The smallest absolute Gasteiger partial charge is 0 e. The third-order valence-corrected chi connectivity index (χ3v) is 9.00. The summed E-state index contributed by atoms with van der Waals surface area (Å²) in [6, 6.07) is 40.7. The zero-order valence-corrected chi connectivity index (χ0v) is 37.0. The first-order valence-electron chi connectivity index (χ1n) is 17.3. The van der Waals surface area contributed by atoms with Gasteiger partial charge in [-0.3, -0.25) is 0 Å². The van der Waals surface area contributed by atoms with Crippen molar-refractivity contribution >= 4 is 21.5 Å². The van der Waals surface area contributed by atoms with E-state index in [4.69, 9.17) is 0 Å². The van der Waals surface area contributed by atoms with E-state index in [1.54, 1.807) is 0 Å². The largest absolute Gasteiger partial charge is 1.00 e. The monoisotopic (exact) mass is 870 g/mol. The number of fused-ring (bicyclic) bond motifs is 2. The topological polar surface area (TPSA) is 0 Å². The van der Waals surface area contributed by atoms with Crippen LogP contribution in [0.4, 0.5) is 0 Å². The summed E-state index contributed by atoms with van der Waals surface area (Å²) in [6.07, 6.45) is 0.750. The van der Waals surface area contributed by atoms with E-state index < -0.39 is 0 Å². The van der Waals surface area contributed by atoms with Gasteiger partial charge in [-0.1, -0.05) is 141 Å². The Hall–Kier alpha value is -2.45. The minimum atomic E-state index is 0. The van der Waals surface area contributed by atoms with E-state index in [9.17, 15) is 0 Å². The minimum absolute atomic E-state index is 0. The average molecular weight is 870 g/mol. The Bertz CT molecular complexity index is 1730. The average Bonchev–Trinajstić information content (AvgIpc) is 3.66. The van der Waals surface area contributed by atoms with Crippen LogP contribution in [-0.4, -0.2) is 0 Å². The first kappa shape index (κ1) is 45.6. The first-order valence-corrected chi connectivity index (χ1v) is 17.3. The molecular weight excluding hydrogens is 814 g/mol. The van der Waals surface area contributed by atoms with Gasteiger partial charge in [0.05, 0.1) is 0 Å². The molecule has 6 aromatic rings. The van der Waals surface area contributed by atoms with Crippen molar-refractivity contribution in [3.05, 3.63) is 145 Å². The van der Waals surface area contributed by atoms with Gasteiger partial charge < -0.3 is 45.1 Å². The van der Waals surface area contributed by atoms with Gasteiger partial charge in [0.1, 0.15) is 0 Å². The van der Waals surface area contributed by atoms with Crippen molar-refractivity contribution in [3.8, 4) is 22.3 Å². The Balaban J connectivity index is 0.000000439. The van der Waals surface area contributed by atoms with Gasteiger partial charge in [0.25, 0.3) is 0 Å². The second-order valence-corrected chi connectivity index (χ2v) is 15.5. The minimum Gasteiger partial charge on any atom is -1.00 e. The molecule has 0 fully saturated rings. The van der Waals surface area contributed by atoms with Crippen LogP contribution in [0.25, 0.3) is 43.8 Å². The molecule has 3 heteroatoms. The molecule has 50 heavy (non-hydrogen) atoms. The van der Waals surface area contributed by atoms with E-state index in [0.717, 1.165) is 6.42 Å². The maximum Gasteiger partial charge on any atom is 0 e. The van der Waals surface area contributed by atoms with Gasteiger partial charge in [0, 0.05) is 25.8 Å². The fourth-order valence-electron chi connectivity index (χ4n) is 5.99. The van der Waals surface area contributed by atoms with Crippen molar-refractivity contribution in [2.24, 2.45) is 0 Å². The molecular formula is C47H56Cl2Hf-6. The van der Waals surface area contributed by atoms with Gasteiger partial charge in [-0.05, 0) is 44.9 Å². The summed E-state index contributed by atoms with van der Waals surface area (Å²) in [5.41, 5.74) is 11.3. The molecule has 0 bridgehead atoms. The number of hydrogen-bond donors (Lipinski definition) is 0. The van der Waals surface area contributed by atoms with Crippen molar-refractivity contribution in [1.29, 1.82) is 0 Å². The Morgan fingerprint density at radius 3 is 1.08 bits per heavy atom. The molecule has 0 unspecified atom stereocenters. The van der Waals surface area contributed by atoms with Crippen LogP contribution in [0, 0.1) is 13.8 Å². The molecule has 0 atom stereocenters. The zero-order valence-electron chi connectivity index (χ0n) is 31.9. The fraction of sp³-hybridized carbons (Fsp3) is 0.319. The van der Waals surface area contributed by atoms with Gasteiger partial charge in [0.2, 0.25) is 0 Å². The molecule has 6 rings (SSSR count). The van der Waals surface area contributed by atoms with Crippen LogP contribution in [0.1, 0.15) is 110 Å². The summed E-state index contributed by atoms with van der Waals surface area (Å²) in [5, 5.41) is 5.44. The molecule has 268 valence electrons. The van der Waals surface area contributed by atoms with Gasteiger partial charge >= 0.3 is 0 Å². The zero-order chi connectivity index (χ0) is 34.5. The van der Waals surface area contributed by atoms with Crippen molar-refractivity contribution < 1.29 is 50.7 Å². The predicted molar refractivity (Wildman–Crippen MR) is 211 cm³/mol. The second-order valence-electron chi connectivity index (χ2n) is 15.5. The molecule has 0 aliphatic carbocycles. The number of rotatable bonds is 4. The molecule has 0 N–H and O–H groups in total. The van der Waals surface area contributed by atoms with Gasteiger partial charge in [-0.15, -0.1) is 69.1 Å². The van der Waals surface area contributed by atoms with Crippen LogP contribution < -0.4 is 24.8 Å². The molecule has 0 amide bonds. The van der Waals surface area contributed by atoms with Crippen molar-refractivity contribution in [1.82, 2.24) is 0 Å². The fourth-order valence-corrected chi connectivity index (χ4v) is 5.99. The third kappa shape index (κ3) is 11.3. The van der Waals surface area contributed by atoms with Crippen LogP contribution in [0.15, 0.2) is 109 Å². The van der Waals surface area contributed by atoms with Crippen molar-refractivity contribution in [2.75, 3.05) is 0 Å². The molecule has 0 aromatic heterocycles. The van der Waals surface area contributed by atoms with Crippen LogP contribution in [0.2, 0.25) is 0 Å². The predicted octanol–water partition coefficient (Wildman–Crippen LogP) is 8.34. The Labute approximate surface area is 335 Å². The SMILES string of the molecule is CC(C)c1cc2c(-c3ccc(C(C)(C)C)cc3)cccc2[cH-]1.CC(C)c1cc2c(-c3ccc(C(C)(C)C)cc3)cccc2[cH-]1.[CH2-]C[CH2-].[Cl-].[Cl-].[Hf]. The van der Waals surface area contributed by atoms with Crippen molar-refractivity contribution in [2.45, 2.75) is 98.3 Å². The van der Waals surface area contributed by atoms with E-state index in [2.05, 4.69) is 192 Å². The van der Waals surface area contributed by atoms with E-state index in [1.807, 2.05) is 0 Å². The second kappa shape index (κ2) is 19.4. The number of benzene rings is 4. The number of halogens is 2. The van der Waals surface area contributed by atoms with Gasteiger partial charge in [-0.25, -0.2) is 0 Å². The van der Waals surface area contributed by atoms with Gasteiger partial charge in [0.15, 0.2) is 0 Å². The van der Waals surface area contributed by atoms with Crippen LogP contribution >= 0.6 is 0 Å². The quantitative estimate of drug-likeness (QED) is 0.124. The van der Waals surface area contributed by atoms with E-state index in [0.29, 0.717) is 11.8 Å². The standard InChI is InChI=1S/2C22H25.C3H6.2ClH.Hf/c2*1-15(2)18-13-17-7-6-8-20(21(17)14-18)16-9-11-19(12-10-16)22(3,4)5;1-3-2;;;/h2*6-15H,1-5H3;1-3H2;2*1H;/q2*-1;-2;;;/p-2. The molecule has 0 aliphatic rings. The summed E-state index contributed by atoms with van der Waals surface area (Å²) in [5.74, 6) is 1.15. The van der Waals surface area contributed by atoms with Crippen LogP contribution in [0.5, 0.6) is 0 Å². The number of hydrogen-bond acceptors (Lipinski definition) is 0. The third-order valence-electron chi connectivity index (χ3n) is 9.00. The summed E-state index contributed by atoms with van der Waals surface area (Å²) in [7, 11) is 0. The summed E-state index contributed by atoms with van der Waals surface area (Å²) < 4.78 is 0. The molecule has 0 saturated heterocycles. The maximum absolute atomic E-state index is 3.38. The van der Waals surface area contributed by atoms with Crippen LogP contribution in [0.3, 0.4) is 0 Å². The Morgan fingerprint density at radius 1 is 0.520 bits per heavy atom. The van der Waals surface area contributed by atoms with E-state index >= 15 is 0 Å². The molecule has 0 nitrogen and oxygen atoms in total. The first-order chi connectivity index (χ1) is 22.1. The van der Waals surface area contributed by atoms with Gasteiger partial charge in [-0.2, -0.15) is 12.1 Å². The molecule has 0 radical (unpaired) electrons. The normalized spacial score (nSPS) is 11.2. The van der Waals surface area contributed by atoms with E-state index in [1.165, 1.54) is 66.1 Å². The molecule has 6 aromatic carbocycles. The maximum atomic E-state index is 3.38. The summed E-state index contributed by atoms with van der Waals surface area (Å²) >= 11 is 0. The molecule has 0 heterocycles. The Kier molecular flexibility index (Phi) is 17.7. The molecule has 0 aliphatic heterocycles. The summed E-state index contributed by atoms with van der Waals surface area (Å²) in [6.45, 7) is 29.3. The molecule has 0 saturated carbocycles. The van der Waals surface area contributed by atoms with Crippen molar-refractivity contribution in [3.63, 3.8) is 0 Å². The van der Waals surface area contributed by atoms with E-state index in [-0.39, 0.29) is 61.5 Å². The summed E-state index contributed by atoms with van der Waals surface area (Å²) in [4.78, 5) is 0.